The molecule has 0 aliphatic heterocycles. The summed E-state index contributed by atoms with van der Waals surface area (Å²) in [5.41, 5.74) is -0.410. The highest BCUT2D eigenvalue weighted by molar-refractivity contribution is 5.87. The van der Waals surface area contributed by atoms with Crippen LogP contribution >= 0.6 is 0 Å². The van der Waals surface area contributed by atoms with Crippen LogP contribution in [0.3, 0.4) is 0 Å². The Morgan fingerprint density at radius 1 is 1.42 bits per heavy atom. The largest absolute Gasteiger partial charge is 0.463 e. The molecule has 19 heavy (non-hydrogen) atoms. The van der Waals surface area contributed by atoms with Gasteiger partial charge in [0.25, 0.3) is 0 Å². The van der Waals surface area contributed by atoms with E-state index in [1.54, 1.807) is 6.92 Å². The van der Waals surface area contributed by atoms with Gasteiger partial charge in [-0.1, -0.05) is 6.07 Å². The third-order valence-electron chi connectivity index (χ3n) is 2.33. The zero-order valence-corrected chi connectivity index (χ0v) is 10.2. The number of aliphatic hydroxyl groups is 1. The van der Waals surface area contributed by atoms with Gasteiger partial charge in [-0.3, -0.25) is 0 Å². The minimum atomic E-state index is -4.47. The molecule has 0 spiro atoms. The number of ether oxygens (including phenoxy) is 1. The van der Waals surface area contributed by atoms with E-state index in [9.17, 15) is 18.0 Å². The normalized spacial score (nSPS) is 11.8. The monoisotopic (exact) mass is 274 g/mol. The van der Waals surface area contributed by atoms with E-state index < -0.39 is 24.3 Å². The van der Waals surface area contributed by atoms with Gasteiger partial charge in [0, 0.05) is 6.08 Å². The van der Waals surface area contributed by atoms with Crippen LogP contribution in [0.1, 0.15) is 23.6 Å². The molecule has 1 aromatic rings. The minimum absolute atomic E-state index is 0.130. The molecular weight excluding hydrogens is 261 g/mol. The summed E-state index contributed by atoms with van der Waals surface area (Å²) in [5.74, 6) is -0.649. The van der Waals surface area contributed by atoms with Crippen LogP contribution in [0.5, 0.6) is 0 Å². The highest BCUT2D eigenvalue weighted by Gasteiger charge is 2.30. The van der Waals surface area contributed by atoms with Gasteiger partial charge < -0.3 is 9.84 Å². The molecule has 0 radical (unpaired) electrons. The van der Waals surface area contributed by atoms with Gasteiger partial charge in [-0.05, 0) is 36.3 Å². The average Bonchev–Trinajstić information content (AvgIpc) is 2.35. The second-order valence-corrected chi connectivity index (χ2v) is 3.65. The standard InChI is InChI=1S/C13H13F3O3/c1-2-19-12(18)6-4-9-7-11(13(14,15)16)5-3-10(9)8-17/h3-7,17H,2,8H2,1H3/b6-4+. The highest BCUT2D eigenvalue weighted by atomic mass is 19.4. The van der Waals surface area contributed by atoms with Gasteiger partial charge in [0.2, 0.25) is 0 Å². The summed E-state index contributed by atoms with van der Waals surface area (Å²) >= 11 is 0. The number of hydrogen-bond acceptors (Lipinski definition) is 3. The summed E-state index contributed by atoms with van der Waals surface area (Å²) in [7, 11) is 0. The fraction of sp³-hybridized carbons (Fsp3) is 0.308. The molecule has 0 aliphatic carbocycles. The van der Waals surface area contributed by atoms with Gasteiger partial charge in [-0.25, -0.2) is 4.79 Å². The fourth-order valence-corrected chi connectivity index (χ4v) is 1.42. The van der Waals surface area contributed by atoms with Crippen molar-refractivity contribution in [1.29, 1.82) is 0 Å². The molecule has 0 amide bonds. The molecule has 1 rings (SSSR count). The van der Waals surface area contributed by atoms with Gasteiger partial charge >= 0.3 is 12.1 Å². The predicted octanol–water partition coefficient (Wildman–Crippen LogP) is 2.77. The van der Waals surface area contributed by atoms with Crippen molar-refractivity contribution >= 4 is 12.0 Å². The van der Waals surface area contributed by atoms with Gasteiger partial charge in [0.15, 0.2) is 0 Å². The average molecular weight is 274 g/mol. The Hall–Kier alpha value is -1.82. The molecule has 6 heteroatoms. The molecule has 0 bridgehead atoms. The van der Waals surface area contributed by atoms with E-state index in [0.29, 0.717) is 5.56 Å². The van der Waals surface area contributed by atoms with Crippen molar-refractivity contribution in [2.24, 2.45) is 0 Å². The van der Waals surface area contributed by atoms with Gasteiger partial charge in [0.1, 0.15) is 0 Å². The maximum atomic E-state index is 12.5. The Labute approximate surface area is 108 Å². The van der Waals surface area contributed by atoms with Crippen molar-refractivity contribution < 1.29 is 27.8 Å². The number of alkyl halides is 3. The van der Waals surface area contributed by atoms with Crippen molar-refractivity contribution in [3.8, 4) is 0 Å². The summed E-state index contributed by atoms with van der Waals surface area (Å²) in [6.45, 7) is 1.38. The molecule has 1 aromatic carbocycles. The Bertz CT molecular complexity index is 479. The molecule has 0 aromatic heterocycles. The first-order chi connectivity index (χ1) is 8.88. The van der Waals surface area contributed by atoms with Crippen LogP contribution in [0, 0.1) is 0 Å². The summed E-state index contributed by atoms with van der Waals surface area (Å²) in [6, 6.07) is 2.93. The second kappa shape index (κ2) is 6.38. The Morgan fingerprint density at radius 3 is 2.63 bits per heavy atom. The van der Waals surface area contributed by atoms with Gasteiger partial charge in [-0.15, -0.1) is 0 Å². The van der Waals surface area contributed by atoms with Crippen LogP contribution in [0.4, 0.5) is 13.2 Å². The molecule has 0 unspecified atom stereocenters. The lowest BCUT2D eigenvalue weighted by atomic mass is 10.0. The van der Waals surface area contributed by atoms with Crippen molar-refractivity contribution in [2.45, 2.75) is 19.7 Å². The number of aliphatic hydroxyl groups excluding tert-OH is 1. The van der Waals surface area contributed by atoms with Crippen LogP contribution in [-0.2, 0) is 22.3 Å². The van der Waals surface area contributed by atoms with E-state index in [4.69, 9.17) is 5.11 Å². The van der Waals surface area contributed by atoms with Crippen molar-refractivity contribution in [1.82, 2.24) is 0 Å². The number of carbonyl (C=O) groups excluding carboxylic acids is 1. The van der Waals surface area contributed by atoms with Crippen LogP contribution in [0.25, 0.3) is 6.08 Å². The van der Waals surface area contributed by atoms with E-state index in [0.717, 1.165) is 18.2 Å². The zero-order chi connectivity index (χ0) is 14.5. The number of hydrogen-bond donors (Lipinski definition) is 1. The van der Waals surface area contributed by atoms with Crippen molar-refractivity contribution in [2.75, 3.05) is 6.61 Å². The third kappa shape index (κ3) is 4.40. The third-order valence-corrected chi connectivity index (χ3v) is 2.33. The first-order valence-electron chi connectivity index (χ1n) is 5.54. The van der Waals surface area contributed by atoms with Crippen LogP contribution in [0.2, 0.25) is 0 Å². The van der Waals surface area contributed by atoms with E-state index >= 15 is 0 Å². The maximum absolute atomic E-state index is 12.5. The number of carbonyl (C=O) groups is 1. The number of benzene rings is 1. The predicted molar refractivity (Wildman–Crippen MR) is 63.0 cm³/mol. The molecule has 104 valence electrons. The van der Waals surface area contributed by atoms with Gasteiger partial charge in [0.05, 0.1) is 18.8 Å². The Balaban J connectivity index is 3.06. The zero-order valence-electron chi connectivity index (χ0n) is 10.2. The lowest BCUT2D eigenvalue weighted by Crippen LogP contribution is -2.06. The molecular formula is C13H13F3O3. The fourth-order valence-electron chi connectivity index (χ4n) is 1.42. The molecule has 0 saturated heterocycles. The molecule has 0 atom stereocenters. The van der Waals surface area contributed by atoms with E-state index in [1.165, 1.54) is 12.1 Å². The summed E-state index contributed by atoms with van der Waals surface area (Å²) in [6.07, 6.45) is -2.25. The topological polar surface area (TPSA) is 46.5 Å². The summed E-state index contributed by atoms with van der Waals surface area (Å²) in [4.78, 5) is 11.1. The number of esters is 1. The van der Waals surface area contributed by atoms with Gasteiger partial charge in [-0.2, -0.15) is 13.2 Å². The van der Waals surface area contributed by atoms with E-state index in [-0.39, 0.29) is 12.2 Å². The molecule has 1 N–H and O–H groups in total. The number of halogens is 3. The van der Waals surface area contributed by atoms with Crippen molar-refractivity contribution in [3.05, 3.63) is 41.0 Å². The first-order valence-corrected chi connectivity index (χ1v) is 5.54. The highest BCUT2D eigenvalue weighted by Crippen LogP contribution is 2.31. The minimum Gasteiger partial charge on any atom is -0.463 e. The van der Waals surface area contributed by atoms with Crippen LogP contribution in [-0.4, -0.2) is 17.7 Å². The molecule has 0 saturated carbocycles. The maximum Gasteiger partial charge on any atom is 0.416 e. The quantitative estimate of drug-likeness (QED) is 0.678. The number of rotatable bonds is 4. The first kappa shape index (κ1) is 15.2. The SMILES string of the molecule is CCOC(=O)/C=C/c1cc(C(F)(F)F)ccc1CO. The lowest BCUT2D eigenvalue weighted by molar-refractivity contribution is -0.138. The summed E-state index contributed by atoms with van der Waals surface area (Å²) in [5, 5.41) is 9.05. The summed E-state index contributed by atoms with van der Waals surface area (Å²) < 4.78 is 42.3. The molecule has 0 heterocycles. The second-order valence-electron chi connectivity index (χ2n) is 3.65. The van der Waals surface area contributed by atoms with E-state index in [1.807, 2.05) is 0 Å². The Morgan fingerprint density at radius 2 is 2.11 bits per heavy atom. The Kier molecular flexibility index (Phi) is 5.11. The molecule has 3 nitrogen and oxygen atoms in total. The molecule has 0 fully saturated rings. The van der Waals surface area contributed by atoms with Crippen LogP contribution < -0.4 is 0 Å². The van der Waals surface area contributed by atoms with Crippen molar-refractivity contribution in [3.63, 3.8) is 0 Å². The lowest BCUT2D eigenvalue weighted by Gasteiger charge is -2.10. The molecule has 0 aliphatic rings. The smallest absolute Gasteiger partial charge is 0.416 e. The van der Waals surface area contributed by atoms with Crippen LogP contribution in [0.15, 0.2) is 24.3 Å². The van der Waals surface area contributed by atoms with E-state index in [2.05, 4.69) is 4.74 Å².